The molecule has 1 aromatic heterocycles. The summed E-state index contributed by atoms with van der Waals surface area (Å²) >= 11 is 0. The number of rotatable bonds is 5. The van der Waals surface area contributed by atoms with E-state index in [0.717, 1.165) is 23.6 Å². The maximum atomic E-state index is 5.96. The fourth-order valence-corrected chi connectivity index (χ4v) is 2.05. The lowest BCUT2D eigenvalue weighted by Crippen LogP contribution is -2.06. The number of aromatic nitrogens is 1. The fourth-order valence-electron chi connectivity index (χ4n) is 2.05. The van der Waals surface area contributed by atoms with Gasteiger partial charge in [-0.15, -0.1) is 0 Å². The fraction of sp³-hybridized carbons (Fsp3) is 0.353. The molecule has 0 saturated carbocycles. The Morgan fingerprint density at radius 3 is 2.50 bits per heavy atom. The van der Waals surface area contributed by atoms with E-state index in [1.807, 2.05) is 37.3 Å². The first-order valence-corrected chi connectivity index (χ1v) is 7.10. The molecule has 1 aromatic carbocycles. The zero-order valence-electron chi connectivity index (χ0n) is 12.3. The first kappa shape index (κ1) is 14.5. The molecule has 2 N–H and O–H groups in total. The number of benzene rings is 1. The van der Waals surface area contributed by atoms with Gasteiger partial charge in [-0.3, -0.25) is 4.98 Å². The second-order valence-corrected chi connectivity index (χ2v) is 5.16. The van der Waals surface area contributed by atoms with Gasteiger partial charge in [-0.1, -0.05) is 32.0 Å². The van der Waals surface area contributed by atoms with Crippen LogP contribution in [0.1, 0.15) is 50.4 Å². The molecule has 1 heterocycles. The Morgan fingerprint density at radius 1 is 1.15 bits per heavy atom. The predicted octanol–water partition coefficient (Wildman–Crippen LogP) is 4.41. The zero-order chi connectivity index (χ0) is 14.5. The molecule has 3 nitrogen and oxygen atoms in total. The number of nitrogens with two attached hydrogens (primary N) is 1. The molecule has 0 amide bonds. The van der Waals surface area contributed by atoms with Crippen LogP contribution in [0.15, 0.2) is 42.6 Å². The van der Waals surface area contributed by atoms with E-state index < -0.39 is 0 Å². The Hall–Kier alpha value is -1.87. The van der Waals surface area contributed by atoms with Crippen molar-refractivity contribution < 1.29 is 4.74 Å². The molecular weight excluding hydrogens is 248 g/mol. The van der Waals surface area contributed by atoms with Crippen molar-refractivity contribution in [2.75, 3.05) is 0 Å². The summed E-state index contributed by atoms with van der Waals surface area (Å²) in [5, 5.41) is 0. The van der Waals surface area contributed by atoms with Gasteiger partial charge in [0.15, 0.2) is 0 Å². The summed E-state index contributed by atoms with van der Waals surface area (Å²) in [4.78, 5) is 4.32. The molecule has 0 fully saturated rings. The summed E-state index contributed by atoms with van der Waals surface area (Å²) in [5.74, 6) is 2.12. The van der Waals surface area contributed by atoms with Gasteiger partial charge in [-0.25, -0.2) is 0 Å². The minimum absolute atomic E-state index is 0.0588. The van der Waals surface area contributed by atoms with Gasteiger partial charge in [0.25, 0.3) is 0 Å². The van der Waals surface area contributed by atoms with Crippen LogP contribution in [0.3, 0.4) is 0 Å². The van der Waals surface area contributed by atoms with Crippen molar-refractivity contribution in [1.82, 2.24) is 4.98 Å². The third-order valence-electron chi connectivity index (χ3n) is 3.52. The lowest BCUT2D eigenvalue weighted by Gasteiger charge is -2.15. The highest BCUT2D eigenvalue weighted by Gasteiger charge is 2.10. The Balaban J connectivity index is 2.21. The molecule has 0 spiro atoms. The molecule has 2 aromatic rings. The van der Waals surface area contributed by atoms with Gasteiger partial charge in [-0.05, 0) is 43.0 Å². The van der Waals surface area contributed by atoms with E-state index in [9.17, 15) is 0 Å². The number of hydrogen-bond donors (Lipinski definition) is 1. The topological polar surface area (TPSA) is 48.1 Å². The van der Waals surface area contributed by atoms with Crippen LogP contribution >= 0.6 is 0 Å². The SMILES string of the molecule is CCC(C)c1ccccc1Oc1ccc(C(C)N)nc1. The van der Waals surface area contributed by atoms with E-state index in [0.29, 0.717) is 5.92 Å². The Bertz CT molecular complexity index is 549. The van der Waals surface area contributed by atoms with Gasteiger partial charge in [0.05, 0.1) is 11.9 Å². The molecule has 0 bridgehead atoms. The zero-order valence-corrected chi connectivity index (χ0v) is 12.3. The molecule has 106 valence electrons. The van der Waals surface area contributed by atoms with Crippen molar-refractivity contribution in [3.05, 3.63) is 53.9 Å². The summed E-state index contributed by atoms with van der Waals surface area (Å²) in [5.41, 5.74) is 7.89. The van der Waals surface area contributed by atoms with Gasteiger partial charge < -0.3 is 10.5 Å². The Kier molecular flexibility index (Phi) is 4.74. The third kappa shape index (κ3) is 3.36. The van der Waals surface area contributed by atoms with Crippen LogP contribution in [-0.4, -0.2) is 4.98 Å². The minimum Gasteiger partial charge on any atom is -0.455 e. The van der Waals surface area contributed by atoms with Gasteiger partial charge in [0.2, 0.25) is 0 Å². The van der Waals surface area contributed by atoms with E-state index in [1.54, 1.807) is 6.20 Å². The monoisotopic (exact) mass is 270 g/mol. The average molecular weight is 270 g/mol. The molecule has 2 rings (SSSR count). The van der Waals surface area contributed by atoms with Crippen LogP contribution < -0.4 is 10.5 Å². The summed E-state index contributed by atoms with van der Waals surface area (Å²) in [6.45, 7) is 6.31. The van der Waals surface area contributed by atoms with E-state index in [-0.39, 0.29) is 6.04 Å². The van der Waals surface area contributed by atoms with E-state index in [1.165, 1.54) is 5.56 Å². The van der Waals surface area contributed by atoms with Crippen molar-refractivity contribution in [2.24, 2.45) is 5.73 Å². The summed E-state index contributed by atoms with van der Waals surface area (Å²) in [6, 6.07) is 11.9. The van der Waals surface area contributed by atoms with E-state index in [2.05, 4.69) is 24.9 Å². The molecule has 0 aliphatic rings. The van der Waals surface area contributed by atoms with Gasteiger partial charge >= 0.3 is 0 Å². The van der Waals surface area contributed by atoms with Crippen molar-refractivity contribution in [1.29, 1.82) is 0 Å². The van der Waals surface area contributed by atoms with E-state index in [4.69, 9.17) is 10.5 Å². The molecule has 3 heteroatoms. The predicted molar refractivity (Wildman–Crippen MR) is 82.1 cm³/mol. The van der Waals surface area contributed by atoms with Crippen LogP contribution in [0.2, 0.25) is 0 Å². The van der Waals surface area contributed by atoms with Crippen LogP contribution in [-0.2, 0) is 0 Å². The second-order valence-electron chi connectivity index (χ2n) is 5.16. The van der Waals surface area contributed by atoms with Crippen LogP contribution in [0.25, 0.3) is 0 Å². The maximum Gasteiger partial charge on any atom is 0.145 e. The van der Waals surface area contributed by atoms with Gasteiger partial charge in [0, 0.05) is 6.04 Å². The smallest absolute Gasteiger partial charge is 0.145 e. The highest BCUT2D eigenvalue weighted by Crippen LogP contribution is 2.31. The van der Waals surface area contributed by atoms with Crippen molar-refractivity contribution in [2.45, 2.75) is 39.2 Å². The van der Waals surface area contributed by atoms with E-state index >= 15 is 0 Å². The normalized spacial score (nSPS) is 13.8. The number of ether oxygens (including phenoxy) is 1. The molecule has 0 saturated heterocycles. The summed E-state index contributed by atoms with van der Waals surface area (Å²) < 4.78 is 5.96. The molecule has 0 aliphatic heterocycles. The first-order chi connectivity index (χ1) is 9.61. The summed E-state index contributed by atoms with van der Waals surface area (Å²) in [6.07, 6.45) is 2.81. The first-order valence-electron chi connectivity index (χ1n) is 7.10. The lowest BCUT2D eigenvalue weighted by molar-refractivity contribution is 0.467. The number of nitrogens with zero attached hydrogens (tertiary/aromatic N) is 1. The van der Waals surface area contributed by atoms with Gasteiger partial charge in [0.1, 0.15) is 11.5 Å². The minimum atomic E-state index is -0.0588. The molecule has 2 atom stereocenters. The third-order valence-corrected chi connectivity index (χ3v) is 3.52. The Morgan fingerprint density at radius 2 is 1.90 bits per heavy atom. The van der Waals surface area contributed by atoms with Crippen molar-refractivity contribution in [3.63, 3.8) is 0 Å². The number of pyridine rings is 1. The van der Waals surface area contributed by atoms with Crippen LogP contribution in [0.5, 0.6) is 11.5 Å². The highest BCUT2D eigenvalue weighted by atomic mass is 16.5. The largest absolute Gasteiger partial charge is 0.455 e. The van der Waals surface area contributed by atoms with Crippen LogP contribution in [0.4, 0.5) is 0 Å². The van der Waals surface area contributed by atoms with Gasteiger partial charge in [-0.2, -0.15) is 0 Å². The molecule has 0 radical (unpaired) electrons. The standard InChI is InChI=1S/C17H22N2O/c1-4-12(2)15-7-5-6-8-17(15)20-14-9-10-16(13(3)18)19-11-14/h5-13H,4,18H2,1-3H3. The van der Waals surface area contributed by atoms with Crippen LogP contribution in [0, 0.1) is 0 Å². The van der Waals surface area contributed by atoms with Crippen molar-refractivity contribution >= 4 is 0 Å². The molecule has 0 aliphatic carbocycles. The molecule has 20 heavy (non-hydrogen) atoms. The van der Waals surface area contributed by atoms with Crippen molar-refractivity contribution in [3.8, 4) is 11.5 Å². The molecule has 2 unspecified atom stereocenters. The maximum absolute atomic E-state index is 5.96. The molecular formula is C17H22N2O. The lowest BCUT2D eigenvalue weighted by atomic mass is 9.98. The Labute approximate surface area is 120 Å². The highest BCUT2D eigenvalue weighted by molar-refractivity contribution is 5.39. The second kappa shape index (κ2) is 6.53. The number of hydrogen-bond acceptors (Lipinski definition) is 3. The summed E-state index contributed by atoms with van der Waals surface area (Å²) in [7, 11) is 0. The quantitative estimate of drug-likeness (QED) is 0.875. The number of para-hydroxylation sites is 1. The average Bonchev–Trinajstić information content (AvgIpc) is 2.47.